The Labute approximate surface area is 161 Å². The van der Waals surface area contributed by atoms with E-state index in [9.17, 15) is 4.79 Å². The van der Waals surface area contributed by atoms with Crippen LogP contribution in [0.2, 0.25) is 0 Å². The van der Waals surface area contributed by atoms with Crippen molar-refractivity contribution in [2.24, 2.45) is 0 Å². The summed E-state index contributed by atoms with van der Waals surface area (Å²) < 4.78 is 0. The number of likely N-dealkylation sites (tertiary alicyclic amines) is 1. The molecule has 0 saturated carbocycles. The molecule has 1 fully saturated rings. The van der Waals surface area contributed by atoms with Crippen molar-refractivity contribution in [2.75, 3.05) is 19.6 Å². The van der Waals surface area contributed by atoms with Gasteiger partial charge in [0.1, 0.15) is 0 Å². The Bertz CT molecular complexity index is 708. The van der Waals surface area contributed by atoms with Crippen LogP contribution in [0.3, 0.4) is 0 Å². The quantitative estimate of drug-likeness (QED) is 0.801. The number of hydrogen-bond donors (Lipinski definition) is 1. The molecular formula is C22H30N2OS. The summed E-state index contributed by atoms with van der Waals surface area (Å²) in [6.07, 6.45) is 5.15. The molecule has 0 radical (unpaired) electrons. The highest BCUT2D eigenvalue weighted by Gasteiger charge is 2.23. The Morgan fingerprint density at radius 2 is 1.77 bits per heavy atom. The van der Waals surface area contributed by atoms with E-state index in [0.29, 0.717) is 6.54 Å². The topological polar surface area (TPSA) is 32.3 Å². The fourth-order valence-electron chi connectivity index (χ4n) is 4.15. The molecule has 2 heterocycles. The number of nitrogens with one attached hydrogen (secondary N) is 1. The van der Waals surface area contributed by atoms with Gasteiger partial charge in [0.05, 0.1) is 6.04 Å². The number of hydrogen-bond acceptors (Lipinski definition) is 3. The second-order valence-electron chi connectivity index (χ2n) is 7.51. The lowest BCUT2D eigenvalue weighted by Crippen LogP contribution is -2.38. The predicted molar refractivity (Wildman–Crippen MR) is 110 cm³/mol. The normalized spacial score (nSPS) is 16.9. The molecule has 3 rings (SSSR count). The van der Waals surface area contributed by atoms with Crippen molar-refractivity contribution in [3.8, 4) is 0 Å². The van der Waals surface area contributed by atoms with E-state index in [1.165, 1.54) is 36.8 Å². The van der Waals surface area contributed by atoms with Gasteiger partial charge in [0.15, 0.2) is 0 Å². The second kappa shape index (κ2) is 8.83. The Morgan fingerprint density at radius 3 is 2.35 bits per heavy atom. The van der Waals surface area contributed by atoms with Gasteiger partial charge >= 0.3 is 0 Å². The van der Waals surface area contributed by atoms with E-state index < -0.39 is 0 Å². The molecule has 1 saturated heterocycles. The first kappa shape index (κ1) is 19.1. The summed E-state index contributed by atoms with van der Waals surface area (Å²) in [6.45, 7) is 9.05. The smallest absolute Gasteiger partial charge is 0.251 e. The first-order valence-corrected chi connectivity index (χ1v) is 10.6. The molecule has 1 aliphatic rings. The molecule has 1 N–H and O–H groups in total. The van der Waals surface area contributed by atoms with Gasteiger partial charge in [-0.25, -0.2) is 0 Å². The zero-order chi connectivity index (χ0) is 18.5. The van der Waals surface area contributed by atoms with Gasteiger partial charge in [-0.1, -0.05) is 30.5 Å². The molecule has 1 aromatic carbocycles. The fourth-order valence-corrected chi connectivity index (χ4v) is 4.85. The molecule has 0 bridgehead atoms. The van der Waals surface area contributed by atoms with Crippen LogP contribution >= 0.6 is 11.3 Å². The molecule has 1 aliphatic heterocycles. The minimum atomic E-state index is 0.0510. The minimum absolute atomic E-state index is 0.0510. The van der Waals surface area contributed by atoms with Crippen molar-refractivity contribution in [3.05, 3.63) is 56.8 Å². The van der Waals surface area contributed by atoms with Crippen LogP contribution in [0.4, 0.5) is 0 Å². The van der Waals surface area contributed by atoms with Gasteiger partial charge in [0, 0.05) is 12.1 Å². The first-order chi connectivity index (χ1) is 12.6. The van der Waals surface area contributed by atoms with E-state index in [-0.39, 0.29) is 11.9 Å². The maximum absolute atomic E-state index is 12.9. The highest BCUT2D eigenvalue weighted by atomic mass is 32.1. The molecular weight excluding hydrogens is 340 g/mol. The number of benzene rings is 1. The van der Waals surface area contributed by atoms with Crippen LogP contribution < -0.4 is 5.32 Å². The summed E-state index contributed by atoms with van der Waals surface area (Å²) in [7, 11) is 0. The highest BCUT2D eigenvalue weighted by Crippen LogP contribution is 2.26. The molecule has 1 aromatic heterocycles. The molecule has 3 nitrogen and oxygen atoms in total. The summed E-state index contributed by atoms with van der Waals surface area (Å²) >= 11 is 1.73. The molecule has 140 valence electrons. The molecule has 26 heavy (non-hydrogen) atoms. The number of carbonyl (C=O) groups is 1. The predicted octanol–water partition coefficient (Wildman–Crippen LogP) is 5.02. The van der Waals surface area contributed by atoms with Gasteiger partial charge in [-0.05, 0) is 80.2 Å². The zero-order valence-electron chi connectivity index (χ0n) is 16.2. The lowest BCUT2D eigenvalue weighted by Gasteiger charge is -2.30. The van der Waals surface area contributed by atoms with E-state index in [2.05, 4.69) is 46.1 Å². The van der Waals surface area contributed by atoms with Gasteiger partial charge in [-0.2, -0.15) is 11.3 Å². The average Bonchev–Trinajstić information content (AvgIpc) is 2.97. The average molecular weight is 371 g/mol. The van der Waals surface area contributed by atoms with E-state index in [1.807, 2.05) is 13.8 Å². The molecule has 1 unspecified atom stereocenters. The fraction of sp³-hybridized carbons (Fsp3) is 0.500. The highest BCUT2D eigenvalue weighted by molar-refractivity contribution is 7.07. The zero-order valence-corrected chi connectivity index (χ0v) is 17.0. The van der Waals surface area contributed by atoms with E-state index in [4.69, 9.17) is 0 Å². The summed E-state index contributed by atoms with van der Waals surface area (Å²) in [5, 5.41) is 7.59. The van der Waals surface area contributed by atoms with E-state index in [1.54, 1.807) is 11.3 Å². The maximum Gasteiger partial charge on any atom is 0.251 e. The van der Waals surface area contributed by atoms with Crippen molar-refractivity contribution in [2.45, 2.75) is 52.5 Å². The van der Waals surface area contributed by atoms with Gasteiger partial charge in [-0.15, -0.1) is 0 Å². The van der Waals surface area contributed by atoms with Crippen molar-refractivity contribution >= 4 is 17.2 Å². The third kappa shape index (κ3) is 4.54. The molecule has 1 amide bonds. The van der Waals surface area contributed by atoms with Gasteiger partial charge in [0.2, 0.25) is 0 Å². The lowest BCUT2D eigenvalue weighted by molar-refractivity contribution is 0.0932. The minimum Gasteiger partial charge on any atom is -0.350 e. The third-order valence-electron chi connectivity index (χ3n) is 5.37. The summed E-state index contributed by atoms with van der Waals surface area (Å²) in [6, 6.07) is 6.66. The van der Waals surface area contributed by atoms with Crippen LogP contribution in [0.25, 0.3) is 0 Å². The van der Waals surface area contributed by atoms with Gasteiger partial charge in [-0.3, -0.25) is 9.69 Å². The Balaban J connectivity index is 1.74. The summed E-state index contributed by atoms with van der Waals surface area (Å²) in [4.78, 5) is 15.5. The van der Waals surface area contributed by atoms with Crippen LogP contribution in [-0.2, 0) is 0 Å². The van der Waals surface area contributed by atoms with Crippen LogP contribution in [0.5, 0.6) is 0 Å². The number of aryl methyl sites for hydroxylation is 3. The molecule has 0 aliphatic carbocycles. The monoisotopic (exact) mass is 370 g/mol. The van der Waals surface area contributed by atoms with Crippen molar-refractivity contribution in [1.29, 1.82) is 0 Å². The lowest BCUT2D eigenvalue weighted by atomic mass is 9.99. The Morgan fingerprint density at radius 1 is 1.12 bits per heavy atom. The maximum atomic E-state index is 12.9. The molecule has 0 spiro atoms. The van der Waals surface area contributed by atoms with Crippen LogP contribution in [0, 0.1) is 20.8 Å². The summed E-state index contributed by atoms with van der Waals surface area (Å²) in [5.74, 6) is 0.0510. The number of thiophene rings is 1. The van der Waals surface area contributed by atoms with Crippen molar-refractivity contribution in [3.63, 3.8) is 0 Å². The van der Waals surface area contributed by atoms with E-state index in [0.717, 1.165) is 29.8 Å². The molecule has 1 atom stereocenters. The molecule has 2 aromatic rings. The Hall–Kier alpha value is -1.65. The molecule has 4 heteroatoms. The largest absolute Gasteiger partial charge is 0.350 e. The third-order valence-corrected chi connectivity index (χ3v) is 6.07. The van der Waals surface area contributed by atoms with Crippen molar-refractivity contribution < 1.29 is 4.79 Å². The van der Waals surface area contributed by atoms with Crippen LogP contribution in [0.15, 0.2) is 29.0 Å². The van der Waals surface area contributed by atoms with Gasteiger partial charge < -0.3 is 5.32 Å². The standard InChI is InChI=1S/C22H30N2OS/c1-16-12-17(2)21(18(3)13-16)22(25)23-14-20(19-8-11-26-15-19)24-9-6-4-5-7-10-24/h8,11-13,15,20H,4-7,9-10,14H2,1-3H3,(H,23,25). The van der Waals surface area contributed by atoms with Crippen molar-refractivity contribution in [1.82, 2.24) is 10.2 Å². The Kier molecular flexibility index (Phi) is 6.49. The number of amides is 1. The SMILES string of the molecule is Cc1cc(C)c(C(=O)NCC(c2ccsc2)N2CCCCCC2)c(C)c1. The number of carbonyl (C=O) groups excluding carboxylic acids is 1. The van der Waals surface area contributed by atoms with Crippen LogP contribution in [-0.4, -0.2) is 30.4 Å². The first-order valence-electron chi connectivity index (χ1n) is 9.68. The summed E-state index contributed by atoms with van der Waals surface area (Å²) in [5.41, 5.74) is 5.48. The second-order valence-corrected chi connectivity index (χ2v) is 8.29. The van der Waals surface area contributed by atoms with E-state index >= 15 is 0 Å². The van der Waals surface area contributed by atoms with Gasteiger partial charge in [0.25, 0.3) is 5.91 Å². The van der Waals surface area contributed by atoms with Crippen LogP contribution in [0.1, 0.15) is 64.3 Å². The number of rotatable bonds is 5. The number of nitrogens with zero attached hydrogens (tertiary/aromatic N) is 1.